The largest absolute Gasteiger partial charge is 0.337 e. The third-order valence-corrected chi connectivity index (χ3v) is 3.74. The van der Waals surface area contributed by atoms with Crippen LogP contribution >= 0.6 is 0 Å². The summed E-state index contributed by atoms with van der Waals surface area (Å²) >= 11 is 0. The molecule has 2 fully saturated rings. The minimum Gasteiger partial charge on any atom is -0.337 e. The minimum absolute atomic E-state index is 0.128. The molecule has 4 heteroatoms. The molecule has 2 N–H and O–H groups in total. The van der Waals surface area contributed by atoms with Gasteiger partial charge in [-0.2, -0.15) is 0 Å². The van der Waals surface area contributed by atoms with E-state index >= 15 is 0 Å². The van der Waals surface area contributed by atoms with Gasteiger partial charge in [-0.1, -0.05) is 0 Å². The molecule has 16 heavy (non-hydrogen) atoms. The van der Waals surface area contributed by atoms with E-state index in [4.69, 9.17) is 5.73 Å². The first-order valence-electron chi connectivity index (χ1n) is 6.36. The summed E-state index contributed by atoms with van der Waals surface area (Å²) in [5, 5.41) is 0. The second kappa shape index (κ2) is 4.72. The summed E-state index contributed by atoms with van der Waals surface area (Å²) in [4.78, 5) is 16.4. The molecule has 0 aromatic carbocycles. The molecular formula is C12H23N3O. The van der Waals surface area contributed by atoms with Crippen LogP contribution in [0.1, 0.15) is 32.6 Å². The number of amides is 1. The number of hydrogen-bond acceptors (Lipinski definition) is 3. The Morgan fingerprint density at radius 1 is 1.50 bits per heavy atom. The lowest BCUT2D eigenvalue weighted by Gasteiger charge is -2.30. The van der Waals surface area contributed by atoms with Crippen molar-refractivity contribution in [3.63, 3.8) is 0 Å². The van der Waals surface area contributed by atoms with Gasteiger partial charge in [0, 0.05) is 18.6 Å². The predicted molar refractivity (Wildman–Crippen MR) is 64.0 cm³/mol. The molecule has 1 amide bonds. The Labute approximate surface area is 97.8 Å². The maximum absolute atomic E-state index is 12.0. The fourth-order valence-corrected chi connectivity index (χ4v) is 2.50. The Morgan fingerprint density at radius 3 is 2.62 bits per heavy atom. The molecule has 0 aromatic heterocycles. The van der Waals surface area contributed by atoms with E-state index in [9.17, 15) is 4.79 Å². The van der Waals surface area contributed by atoms with Crippen LogP contribution in [-0.2, 0) is 4.79 Å². The van der Waals surface area contributed by atoms with Crippen molar-refractivity contribution in [2.24, 2.45) is 5.73 Å². The Balaban J connectivity index is 1.94. The summed E-state index contributed by atoms with van der Waals surface area (Å²) in [5.74, 6) is 0.128. The highest BCUT2D eigenvalue weighted by atomic mass is 16.2. The molecule has 1 aliphatic heterocycles. The Hall–Kier alpha value is -0.610. The molecule has 0 spiro atoms. The molecule has 2 unspecified atom stereocenters. The van der Waals surface area contributed by atoms with Crippen molar-refractivity contribution in [1.29, 1.82) is 0 Å². The first kappa shape index (κ1) is 11.9. The van der Waals surface area contributed by atoms with Crippen molar-refractivity contribution in [1.82, 2.24) is 9.80 Å². The molecule has 0 bridgehead atoms. The maximum Gasteiger partial charge on any atom is 0.239 e. The van der Waals surface area contributed by atoms with Gasteiger partial charge in [-0.25, -0.2) is 0 Å². The molecule has 1 saturated carbocycles. The highest BCUT2D eigenvalue weighted by Gasteiger charge is 2.36. The Morgan fingerprint density at radius 2 is 2.19 bits per heavy atom. The van der Waals surface area contributed by atoms with Gasteiger partial charge in [0.25, 0.3) is 0 Å². The fraction of sp³-hybridized carbons (Fsp3) is 0.917. The van der Waals surface area contributed by atoms with Crippen LogP contribution in [0.2, 0.25) is 0 Å². The van der Waals surface area contributed by atoms with Crippen LogP contribution < -0.4 is 5.73 Å². The standard InChI is InChI=1S/C12H23N3O/c1-9(13)12(16)15(10-5-6-10)8-11-4-3-7-14(11)2/h9-11H,3-8,13H2,1-2H3. The third kappa shape index (κ3) is 2.55. The SMILES string of the molecule is CC(N)C(=O)N(CC1CCCN1C)C1CC1. The molecule has 1 saturated heterocycles. The van der Waals surface area contributed by atoms with Crippen molar-refractivity contribution in [3.8, 4) is 0 Å². The lowest BCUT2D eigenvalue weighted by molar-refractivity contribution is -0.133. The molecule has 1 aliphatic carbocycles. The first-order valence-corrected chi connectivity index (χ1v) is 6.36. The number of hydrogen-bond donors (Lipinski definition) is 1. The van der Waals surface area contributed by atoms with Gasteiger partial charge in [0.05, 0.1) is 6.04 Å². The molecular weight excluding hydrogens is 202 g/mol. The number of nitrogens with zero attached hydrogens (tertiary/aromatic N) is 2. The molecule has 92 valence electrons. The normalized spacial score (nSPS) is 28.1. The summed E-state index contributed by atoms with van der Waals surface area (Å²) in [6.45, 7) is 3.83. The highest BCUT2D eigenvalue weighted by molar-refractivity contribution is 5.81. The smallest absolute Gasteiger partial charge is 0.239 e. The molecule has 2 atom stereocenters. The zero-order chi connectivity index (χ0) is 11.7. The van der Waals surface area contributed by atoms with Crippen molar-refractivity contribution in [2.45, 2.75) is 50.7 Å². The molecule has 0 radical (unpaired) electrons. The second-order valence-corrected chi connectivity index (χ2v) is 5.29. The second-order valence-electron chi connectivity index (χ2n) is 5.29. The number of nitrogens with two attached hydrogens (primary N) is 1. The Kier molecular flexibility index (Phi) is 3.50. The van der Waals surface area contributed by atoms with E-state index < -0.39 is 0 Å². The van der Waals surface area contributed by atoms with Crippen LogP contribution in [0, 0.1) is 0 Å². The van der Waals surface area contributed by atoms with Gasteiger partial charge in [-0.15, -0.1) is 0 Å². The van der Waals surface area contributed by atoms with Gasteiger partial charge in [-0.05, 0) is 46.2 Å². The van der Waals surface area contributed by atoms with Crippen molar-refractivity contribution in [3.05, 3.63) is 0 Å². The van der Waals surface area contributed by atoms with Crippen LogP contribution in [-0.4, -0.2) is 54.0 Å². The van der Waals surface area contributed by atoms with Gasteiger partial charge in [0.1, 0.15) is 0 Å². The van der Waals surface area contributed by atoms with Gasteiger partial charge in [0.2, 0.25) is 5.91 Å². The number of likely N-dealkylation sites (N-methyl/N-ethyl adjacent to an activating group) is 1. The summed E-state index contributed by atoms with van der Waals surface area (Å²) in [6, 6.07) is 0.670. The zero-order valence-corrected chi connectivity index (χ0v) is 10.4. The van der Waals surface area contributed by atoms with Crippen LogP contribution in [0.25, 0.3) is 0 Å². The average Bonchev–Trinajstić information content (AvgIpc) is 2.99. The van der Waals surface area contributed by atoms with Gasteiger partial charge in [-0.3, -0.25) is 4.79 Å². The lowest BCUT2D eigenvalue weighted by atomic mass is 10.2. The summed E-state index contributed by atoms with van der Waals surface area (Å²) in [6.07, 6.45) is 4.79. The molecule has 1 heterocycles. The average molecular weight is 225 g/mol. The van der Waals surface area contributed by atoms with E-state index in [1.807, 2.05) is 4.90 Å². The van der Waals surface area contributed by atoms with Gasteiger partial charge < -0.3 is 15.5 Å². The number of carbonyl (C=O) groups is 1. The Bertz CT molecular complexity index is 263. The van der Waals surface area contributed by atoms with E-state index in [-0.39, 0.29) is 11.9 Å². The molecule has 4 nitrogen and oxygen atoms in total. The molecule has 2 rings (SSSR count). The van der Waals surface area contributed by atoms with E-state index in [1.165, 1.54) is 12.8 Å². The third-order valence-electron chi connectivity index (χ3n) is 3.74. The van der Waals surface area contributed by atoms with Crippen LogP contribution in [0.3, 0.4) is 0 Å². The quantitative estimate of drug-likeness (QED) is 0.754. The molecule has 2 aliphatic rings. The van der Waals surface area contributed by atoms with Crippen molar-refractivity contribution >= 4 is 5.91 Å². The van der Waals surface area contributed by atoms with Crippen LogP contribution in [0.15, 0.2) is 0 Å². The van der Waals surface area contributed by atoms with E-state index in [1.54, 1.807) is 6.92 Å². The summed E-state index contributed by atoms with van der Waals surface area (Å²) < 4.78 is 0. The van der Waals surface area contributed by atoms with Crippen LogP contribution in [0.5, 0.6) is 0 Å². The first-order chi connectivity index (χ1) is 7.59. The maximum atomic E-state index is 12.0. The van der Waals surface area contributed by atoms with E-state index in [0.29, 0.717) is 12.1 Å². The van der Waals surface area contributed by atoms with Crippen LogP contribution in [0.4, 0.5) is 0 Å². The van der Waals surface area contributed by atoms with E-state index in [2.05, 4.69) is 11.9 Å². The summed E-state index contributed by atoms with van der Waals surface area (Å²) in [7, 11) is 2.15. The monoisotopic (exact) mass is 225 g/mol. The zero-order valence-electron chi connectivity index (χ0n) is 10.4. The lowest BCUT2D eigenvalue weighted by Crippen LogP contribution is -2.48. The fourth-order valence-electron chi connectivity index (χ4n) is 2.50. The van der Waals surface area contributed by atoms with Crippen molar-refractivity contribution < 1.29 is 4.79 Å². The van der Waals surface area contributed by atoms with Crippen molar-refractivity contribution in [2.75, 3.05) is 20.1 Å². The molecule has 0 aromatic rings. The number of carbonyl (C=O) groups excluding carboxylic acids is 1. The minimum atomic E-state index is -0.354. The number of likely N-dealkylation sites (tertiary alicyclic amines) is 1. The highest BCUT2D eigenvalue weighted by Crippen LogP contribution is 2.29. The predicted octanol–water partition coefficient (Wildman–Crippen LogP) is 0.419. The summed E-state index contributed by atoms with van der Waals surface area (Å²) in [5.41, 5.74) is 5.71. The van der Waals surface area contributed by atoms with Gasteiger partial charge >= 0.3 is 0 Å². The van der Waals surface area contributed by atoms with E-state index in [0.717, 1.165) is 25.9 Å². The topological polar surface area (TPSA) is 49.6 Å². The van der Waals surface area contributed by atoms with Gasteiger partial charge in [0.15, 0.2) is 0 Å². The number of rotatable bonds is 4.